The summed E-state index contributed by atoms with van der Waals surface area (Å²) in [5, 5.41) is 30.9. The average Bonchev–Trinajstić information content (AvgIpc) is 0.783. The number of aromatic nitrogens is 7. The van der Waals surface area contributed by atoms with Gasteiger partial charge in [-0.1, -0.05) is 210 Å². The van der Waals surface area contributed by atoms with Crippen LogP contribution in [0, 0.1) is 34.5 Å². The summed E-state index contributed by atoms with van der Waals surface area (Å²) in [4.78, 5) is 30.9. The van der Waals surface area contributed by atoms with Gasteiger partial charge in [0.05, 0.1) is 22.1 Å². The lowest BCUT2D eigenvalue weighted by Crippen LogP contribution is -1.88. The van der Waals surface area contributed by atoms with E-state index < -0.39 is 0 Å². The van der Waals surface area contributed by atoms with Gasteiger partial charge < -0.3 is 0 Å². The van der Waals surface area contributed by atoms with Gasteiger partial charge in [-0.05, 0) is 175 Å². The van der Waals surface area contributed by atoms with E-state index in [2.05, 4.69) is 205 Å². The molecule has 95 heavy (non-hydrogen) atoms. The highest BCUT2D eigenvalue weighted by atomic mass is 14.7. The molecule has 0 amide bonds. The van der Waals surface area contributed by atoms with Gasteiger partial charge >= 0.3 is 0 Å². The van der Waals surface area contributed by atoms with Gasteiger partial charge in [0.1, 0.15) is 0 Å². The zero-order valence-electron chi connectivity index (χ0n) is 56.9. The van der Waals surface area contributed by atoms with Gasteiger partial charge in [-0.2, -0.15) is 0 Å². The molecule has 0 spiro atoms. The van der Waals surface area contributed by atoms with E-state index in [-0.39, 0.29) is 0 Å². The Morgan fingerprint density at radius 1 is 0.179 bits per heavy atom. The number of nitrogens with zero attached hydrogens (tertiary/aromatic N) is 7. The molecule has 0 bridgehead atoms. The fourth-order valence-electron chi connectivity index (χ4n) is 13.9. The molecule has 7 aromatic heterocycles. The van der Waals surface area contributed by atoms with Crippen molar-refractivity contribution in [3.63, 3.8) is 0 Å². The second-order valence-corrected chi connectivity index (χ2v) is 23.9. The minimum absolute atomic E-state index is 0.294. The molecule has 0 saturated heterocycles. The topological polar surface area (TPSA) is 90.2 Å². The molecule has 13 aromatic carbocycles. The van der Waals surface area contributed by atoms with Crippen LogP contribution in [0.2, 0.25) is 0 Å². The van der Waals surface area contributed by atoms with Crippen LogP contribution in [0.15, 0.2) is 292 Å². The Kier molecular flexibility index (Phi) is 13.5. The number of hydrogen-bond acceptors (Lipinski definition) is 7. The first kappa shape index (κ1) is 52.4. The van der Waals surface area contributed by atoms with E-state index in [1.807, 2.05) is 110 Å². The summed E-state index contributed by atoms with van der Waals surface area (Å²) in [5.74, 6) is 0. The molecule has 7 nitrogen and oxygen atoms in total. The number of fused-ring (bicyclic) bond motifs is 30. The number of rotatable bonds is 0. The van der Waals surface area contributed by atoms with Gasteiger partial charge in [-0.3, -0.25) is 34.9 Å². The molecular formula is C88H63N7. The second-order valence-electron chi connectivity index (χ2n) is 23.9. The Hall–Kier alpha value is -12.2. The molecule has 7 heterocycles. The molecule has 20 rings (SSSR count). The van der Waals surface area contributed by atoms with Crippen molar-refractivity contribution in [1.29, 1.82) is 0 Å². The van der Waals surface area contributed by atoms with Gasteiger partial charge in [-0.15, -0.1) is 0 Å². The van der Waals surface area contributed by atoms with Crippen molar-refractivity contribution in [2.75, 3.05) is 0 Å². The van der Waals surface area contributed by atoms with Crippen molar-refractivity contribution in [2.24, 2.45) is 0 Å². The van der Waals surface area contributed by atoms with Crippen LogP contribution in [0.5, 0.6) is 0 Å². The fraction of sp³-hybridized carbons (Fsp3) is 0.0568. The normalized spacial score (nSPS) is 12.1. The summed E-state index contributed by atoms with van der Waals surface area (Å²) in [7, 11) is 0. The molecule has 0 saturated carbocycles. The maximum absolute atomic E-state index is 7.57. The molecule has 7 heteroatoms. The van der Waals surface area contributed by atoms with E-state index in [1.165, 1.54) is 86.2 Å². The predicted octanol–water partition coefficient (Wildman–Crippen LogP) is 23.0. The van der Waals surface area contributed by atoms with Gasteiger partial charge in [0.2, 0.25) is 0 Å². The smallest absolute Gasteiger partial charge is 0.0970 e. The van der Waals surface area contributed by atoms with Crippen LogP contribution in [0.3, 0.4) is 0 Å². The zero-order chi connectivity index (χ0) is 67.6. The first-order chi connectivity index (χ1) is 49.4. The minimum Gasteiger partial charge on any atom is -0.264 e. The van der Waals surface area contributed by atoms with Crippen LogP contribution >= 0.6 is 0 Å². The third-order valence-corrected chi connectivity index (χ3v) is 18.1. The maximum atomic E-state index is 7.57. The Balaban J connectivity index is 0.0000000972. The second kappa shape index (κ2) is 24.5. The first-order valence-corrected chi connectivity index (χ1v) is 31.5. The Morgan fingerprint density at radius 2 is 0.400 bits per heavy atom. The Labute approximate surface area is 555 Å². The summed E-state index contributed by atoms with van der Waals surface area (Å²) < 4.78 is 37.8. The van der Waals surface area contributed by atoms with E-state index in [0.717, 1.165) is 104 Å². The van der Waals surface area contributed by atoms with Gasteiger partial charge in [0.15, 0.2) is 0 Å². The van der Waals surface area contributed by atoms with Crippen LogP contribution < -0.4 is 0 Å². The summed E-state index contributed by atoms with van der Waals surface area (Å²) in [6.45, 7) is 1.51. The quantitative estimate of drug-likeness (QED) is 0.140. The lowest BCUT2D eigenvalue weighted by Gasteiger charge is -2.10. The summed E-state index contributed by atoms with van der Waals surface area (Å²) in [5.41, 5.74) is 9.08. The third-order valence-electron chi connectivity index (χ3n) is 18.1. The molecule has 0 aliphatic rings. The minimum atomic E-state index is 0.294. The highest BCUT2D eigenvalue weighted by molar-refractivity contribution is 6.28. The molecule has 0 aliphatic carbocycles. The zero-order valence-corrected chi connectivity index (χ0v) is 51.9. The van der Waals surface area contributed by atoms with Gasteiger partial charge in [0, 0.05) is 117 Å². The SMILES string of the molecule is [2H]Cc1ccc2c(c1)c1cccnc1c1ncccc21.[2H]Cc1ccc2c3ccccc3c3cccnc3c2c1.[2H]Cc1ccc2c3ccccc3c3ccncc3c2c1.[2H]Cc1ccc2c3ccccc3c3ncccc3c2c1.[2H]Cc1ccc2c3ccncc3c3ccncc3c2c1. The standard InChI is InChI=1S/3C18H13N.2C17H12N2/c1-12-8-9-14-13-5-2-3-6-15(13)18-16(17(14)11-12)7-4-10-19-18;1-12-8-9-15-13-5-2-3-6-14(13)16-7-4-10-19-18(16)17(15)11-12;1-12-6-7-15-13-4-2-3-5-14(13)16-8-9-19-11-18(16)17(15)10-12;1-11-6-7-12-13-4-2-8-18-16(13)17-14(15(12)10-11)5-3-9-19-17;1-11-2-3-12-13-4-6-18-9-16(13)14-5-7-19-10-17(14)15(12)8-11/h3*2-11H,1H3;2*2-10H,1H3/i5*1D. The first-order valence-electron chi connectivity index (χ1n) is 35.0. The lowest BCUT2D eigenvalue weighted by atomic mass is 9.94. The number of hydrogen-bond donors (Lipinski definition) is 0. The van der Waals surface area contributed by atoms with Crippen molar-refractivity contribution in [3.8, 4) is 0 Å². The van der Waals surface area contributed by atoms with Crippen LogP contribution in [0.1, 0.15) is 34.7 Å². The summed E-state index contributed by atoms with van der Waals surface area (Å²) in [6.07, 6.45) is 18.5. The Bertz CT molecular complexity index is 5470. The van der Waals surface area contributed by atoms with Crippen molar-refractivity contribution in [2.45, 2.75) is 34.5 Å². The highest BCUT2D eigenvalue weighted by Gasteiger charge is 2.14. The van der Waals surface area contributed by atoms with E-state index >= 15 is 0 Å². The Morgan fingerprint density at radius 3 is 0.779 bits per heavy atom. The highest BCUT2D eigenvalue weighted by Crippen LogP contribution is 2.39. The van der Waals surface area contributed by atoms with Crippen LogP contribution in [-0.4, -0.2) is 34.9 Å². The van der Waals surface area contributed by atoms with Crippen molar-refractivity contribution >= 4 is 162 Å². The van der Waals surface area contributed by atoms with Crippen LogP contribution in [0.25, 0.3) is 162 Å². The molecule has 0 unspecified atom stereocenters. The molecule has 0 aliphatic heterocycles. The molecule has 0 N–H and O–H groups in total. The van der Waals surface area contributed by atoms with Crippen molar-refractivity contribution < 1.29 is 6.85 Å². The number of aryl methyl sites for hydroxylation is 5. The predicted molar refractivity (Wildman–Crippen MR) is 403 cm³/mol. The van der Waals surface area contributed by atoms with E-state index in [4.69, 9.17) is 6.85 Å². The molecule has 0 atom stereocenters. The average molecular weight is 1220 g/mol. The van der Waals surface area contributed by atoms with Crippen LogP contribution in [0.4, 0.5) is 0 Å². The van der Waals surface area contributed by atoms with Gasteiger partial charge in [0.25, 0.3) is 0 Å². The lowest BCUT2D eigenvalue weighted by molar-refractivity contribution is 1.36. The number of benzene rings is 13. The van der Waals surface area contributed by atoms with Gasteiger partial charge in [-0.25, -0.2) is 0 Å². The third kappa shape index (κ3) is 10.5. The molecular weight excluding hydrogens is 1160 g/mol. The van der Waals surface area contributed by atoms with Crippen LogP contribution in [-0.2, 0) is 0 Å². The fourth-order valence-corrected chi connectivity index (χ4v) is 13.9. The molecule has 0 radical (unpaired) electrons. The monoisotopic (exact) mass is 1220 g/mol. The number of pyridine rings is 7. The summed E-state index contributed by atoms with van der Waals surface area (Å²) in [6, 6.07) is 79.0. The van der Waals surface area contributed by atoms with Crippen molar-refractivity contribution in [1.82, 2.24) is 34.9 Å². The molecule has 20 aromatic rings. The largest absolute Gasteiger partial charge is 0.264 e. The van der Waals surface area contributed by atoms with E-state index in [0.29, 0.717) is 34.5 Å². The van der Waals surface area contributed by atoms with Crippen molar-refractivity contribution in [3.05, 3.63) is 320 Å². The molecule has 0 fully saturated rings. The van der Waals surface area contributed by atoms with E-state index in [9.17, 15) is 0 Å². The summed E-state index contributed by atoms with van der Waals surface area (Å²) >= 11 is 0. The maximum Gasteiger partial charge on any atom is 0.0970 e. The molecule has 450 valence electrons. The van der Waals surface area contributed by atoms with E-state index in [1.54, 1.807) is 12.4 Å².